The van der Waals surface area contributed by atoms with E-state index in [9.17, 15) is 4.79 Å². The monoisotopic (exact) mass is 329 g/mol. The van der Waals surface area contributed by atoms with Crippen LogP contribution in [-0.2, 0) is 11.2 Å². The highest BCUT2D eigenvalue weighted by Crippen LogP contribution is 2.22. The van der Waals surface area contributed by atoms with Crippen LogP contribution in [-0.4, -0.2) is 17.3 Å². The molecule has 1 fully saturated rings. The van der Waals surface area contributed by atoms with E-state index in [2.05, 4.69) is 21.2 Å². The molecule has 4 heteroatoms. The van der Waals surface area contributed by atoms with Gasteiger partial charge in [0.2, 0.25) is 5.91 Å². The predicted molar refractivity (Wildman–Crippen MR) is 77.9 cm³/mol. The van der Waals surface area contributed by atoms with Gasteiger partial charge in [-0.1, -0.05) is 28.1 Å². The second kappa shape index (κ2) is 6.58. The summed E-state index contributed by atoms with van der Waals surface area (Å²) in [5.41, 5.74) is 1.04. The Hall–Kier alpha value is -0.540. The van der Waals surface area contributed by atoms with Crippen LogP contribution in [0.15, 0.2) is 28.7 Å². The summed E-state index contributed by atoms with van der Waals surface area (Å²) in [4.78, 5) is 11.9. The van der Waals surface area contributed by atoms with E-state index in [4.69, 9.17) is 11.6 Å². The summed E-state index contributed by atoms with van der Waals surface area (Å²) in [7, 11) is 0. The Morgan fingerprint density at radius 3 is 2.44 bits per heavy atom. The molecule has 0 bridgehead atoms. The second-order valence-electron chi connectivity index (χ2n) is 4.82. The van der Waals surface area contributed by atoms with Crippen LogP contribution in [0.25, 0.3) is 0 Å². The van der Waals surface area contributed by atoms with Crippen LogP contribution in [0.1, 0.15) is 31.2 Å². The smallest absolute Gasteiger partial charge is 0.224 e. The summed E-state index contributed by atoms with van der Waals surface area (Å²) < 4.78 is 1.03. The quantitative estimate of drug-likeness (QED) is 0.842. The third-order valence-corrected chi connectivity index (χ3v) is 4.26. The Morgan fingerprint density at radius 1 is 1.22 bits per heavy atom. The molecule has 1 aromatic carbocycles. The summed E-state index contributed by atoms with van der Waals surface area (Å²) in [5.74, 6) is 0.107. The molecule has 0 saturated heterocycles. The van der Waals surface area contributed by atoms with Crippen molar-refractivity contribution in [3.63, 3.8) is 0 Å². The normalized spacial score (nSPS) is 23.7. The van der Waals surface area contributed by atoms with Crippen LogP contribution in [0.2, 0.25) is 0 Å². The first-order chi connectivity index (χ1) is 8.63. The molecule has 0 aromatic heterocycles. The number of carbonyl (C=O) groups excluding carboxylic acids is 1. The minimum Gasteiger partial charge on any atom is -0.353 e. The highest BCUT2D eigenvalue weighted by atomic mass is 79.9. The fraction of sp³-hybridized carbons (Fsp3) is 0.500. The molecule has 0 unspecified atom stereocenters. The summed E-state index contributed by atoms with van der Waals surface area (Å²) in [6.07, 6.45) is 4.46. The summed E-state index contributed by atoms with van der Waals surface area (Å²) in [5, 5.41) is 3.39. The van der Waals surface area contributed by atoms with E-state index >= 15 is 0 Å². The molecule has 18 heavy (non-hydrogen) atoms. The first-order valence-electron chi connectivity index (χ1n) is 6.31. The van der Waals surface area contributed by atoms with Crippen LogP contribution in [0.5, 0.6) is 0 Å². The van der Waals surface area contributed by atoms with Gasteiger partial charge in [0.15, 0.2) is 0 Å². The predicted octanol–water partition coefficient (Wildman–Crippen LogP) is 3.66. The van der Waals surface area contributed by atoms with Crippen LogP contribution < -0.4 is 5.32 Å². The third kappa shape index (κ3) is 4.29. The average Bonchev–Trinajstić information content (AvgIpc) is 2.35. The Bertz CT molecular complexity index is 399. The summed E-state index contributed by atoms with van der Waals surface area (Å²) in [6.45, 7) is 0. The molecule has 0 spiro atoms. The van der Waals surface area contributed by atoms with Gasteiger partial charge in [0.25, 0.3) is 0 Å². The standard InChI is InChI=1S/C14H17BrClNO/c15-11-3-1-10(2-4-11)9-14(18)17-13-7-5-12(16)6-8-13/h1-4,12-13H,5-9H2,(H,17,18). The van der Waals surface area contributed by atoms with Crippen LogP contribution in [0, 0.1) is 0 Å². The summed E-state index contributed by atoms with van der Waals surface area (Å²) >= 11 is 9.43. The molecule has 1 amide bonds. The molecule has 0 radical (unpaired) electrons. The molecule has 0 atom stereocenters. The van der Waals surface area contributed by atoms with Gasteiger partial charge >= 0.3 is 0 Å². The Kier molecular flexibility index (Phi) is 5.07. The van der Waals surface area contributed by atoms with Gasteiger partial charge in [-0.05, 0) is 43.4 Å². The molecule has 2 nitrogen and oxygen atoms in total. The van der Waals surface area contributed by atoms with Gasteiger partial charge in [0.05, 0.1) is 6.42 Å². The third-order valence-electron chi connectivity index (χ3n) is 3.30. The molecule has 1 N–H and O–H groups in total. The van der Waals surface area contributed by atoms with Crippen LogP contribution in [0.3, 0.4) is 0 Å². The van der Waals surface area contributed by atoms with Crippen molar-refractivity contribution in [1.82, 2.24) is 5.32 Å². The average molecular weight is 331 g/mol. The lowest BCUT2D eigenvalue weighted by Crippen LogP contribution is -2.38. The van der Waals surface area contributed by atoms with E-state index in [0.717, 1.165) is 35.7 Å². The van der Waals surface area contributed by atoms with Crippen molar-refractivity contribution in [2.24, 2.45) is 0 Å². The molecule has 0 aliphatic heterocycles. The van der Waals surface area contributed by atoms with E-state index < -0.39 is 0 Å². The largest absolute Gasteiger partial charge is 0.353 e. The second-order valence-corrected chi connectivity index (χ2v) is 6.35. The number of halogens is 2. The van der Waals surface area contributed by atoms with E-state index in [1.807, 2.05) is 24.3 Å². The van der Waals surface area contributed by atoms with Gasteiger partial charge in [-0.15, -0.1) is 11.6 Å². The van der Waals surface area contributed by atoms with Crippen molar-refractivity contribution in [3.05, 3.63) is 34.3 Å². The molecule has 1 aliphatic rings. The summed E-state index contributed by atoms with van der Waals surface area (Å²) in [6, 6.07) is 8.17. The molecule has 98 valence electrons. The zero-order valence-electron chi connectivity index (χ0n) is 10.2. The lowest BCUT2D eigenvalue weighted by atomic mass is 9.95. The van der Waals surface area contributed by atoms with E-state index in [1.54, 1.807) is 0 Å². The zero-order chi connectivity index (χ0) is 13.0. The van der Waals surface area contributed by atoms with Crippen molar-refractivity contribution < 1.29 is 4.79 Å². The fourth-order valence-electron chi connectivity index (χ4n) is 2.26. The van der Waals surface area contributed by atoms with Crippen molar-refractivity contribution in [1.29, 1.82) is 0 Å². The number of hydrogen-bond acceptors (Lipinski definition) is 1. The van der Waals surface area contributed by atoms with Gasteiger partial charge in [-0.3, -0.25) is 4.79 Å². The SMILES string of the molecule is O=C(Cc1ccc(Br)cc1)NC1CCC(Cl)CC1. The van der Waals surface area contributed by atoms with E-state index in [-0.39, 0.29) is 5.91 Å². The maximum Gasteiger partial charge on any atom is 0.224 e. The first kappa shape index (κ1) is 13.9. The van der Waals surface area contributed by atoms with E-state index in [0.29, 0.717) is 17.8 Å². The van der Waals surface area contributed by atoms with Crippen LogP contribution >= 0.6 is 27.5 Å². The van der Waals surface area contributed by atoms with Gasteiger partial charge in [-0.2, -0.15) is 0 Å². The van der Waals surface area contributed by atoms with Crippen molar-refractivity contribution in [2.45, 2.75) is 43.5 Å². The molecule has 1 aliphatic carbocycles. The van der Waals surface area contributed by atoms with Gasteiger partial charge in [-0.25, -0.2) is 0 Å². The maximum absolute atomic E-state index is 11.9. The van der Waals surface area contributed by atoms with E-state index in [1.165, 1.54) is 0 Å². The number of alkyl halides is 1. The molecule has 1 aromatic rings. The number of nitrogens with one attached hydrogen (secondary N) is 1. The van der Waals surface area contributed by atoms with Crippen molar-refractivity contribution >= 4 is 33.4 Å². The van der Waals surface area contributed by atoms with Crippen molar-refractivity contribution in [3.8, 4) is 0 Å². The molecule has 1 saturated carbocycles. The number of carbonyl (C=O) groups is 1. The number of hydrogen-bond donors (Lipinski definition) is 1. The maximum atomic E-state index is 11.9. The number of rotatable bonds is 3. The zero-order valence-corrected chi connectivity index (χ0v) is 12.5. The van der Waals surface area contributed by atoms with Gasteiger partial charge in [0, 0.05) is 15.9 Å². The Balaban J connectivity index is 1.80. The Labute approximate surface area is 121 Å². The number of amides is 1. The highest BCUT2D eigenvalue weighted by molar-refractivity contribution is 9.10. The van der Waals surface area contributed by atoms with Crippen molar-refractivity contribution in [2.75, 3.05) is 0 Å². The number of benzene rings is 1. The van der Waals surface area contributed by atoms with Gasteiger partial charge < -0.3 is 5.32 Å². The first-order valence-corrected chi connectivity index (χ1v) is 7.54. The topological polar surface area (TPSA) is 29.1 Å². The van der Waals surface area contributed by atoms with Gasteiger partial charge in [0.1, 0.15) is 0 Å². The molecular weight excluding hydrogens is 314 g/mol. The molecular formula is C14H17BrClNO. The minimum atomic E-state index is 0.107. The lowest BCUT2D eigenvalue weighted by Gasteiger charge is -2.25. The van der Waals surface area contributed by atoms with Crippen LogP contribution in [0.4, 0.5) is 0 Å². The fourth-order valence-corrected chi connectivity index (χ4v) is 2.78. The molecule has 2 rings (SSSR count). The molecule has 0 heterocycles. The Morgan fingerprint density at radius 2 is 1.83 bits per heavy atom. The lowest BCUT2D eigenvalue weighted by molar-refractivity contribution is -0.121. The minimum absolute atomic E-state index is 0.107. The highest BCUT2D eigenvalue weighted by Gasteiger charge is 2.20.